The maximum atomic E-state index is 12.7. The molecule has 0 bridgehead atoms. The molecule has 1 aliphatic heterocycles. The third kappa shape index (κ3) is 4.16. The molecule has 2 heterocycles. The number of aromatic nitrogens is 1. The van der Waals surface area contributed by atoms with Crippen molar-refractivity contribution in [2.75, 3.05) is 13.1 Å². The molecule has 4 rings (SSSR count). The molecule has 3 aromatic rings. The third-order valence-electron chi connectivity index (χ3n) is 5.36. The summed E-state index contributed by atoms with van der Waals surface area (Å²) in [5.74, 6) is 1.29. The average Bonchev–Trinajstić information content (AvgIpc) is 3.17. The topological polar surface area (TPSA) is 42.4 Å². The van der Waals surface area contributed by atoms with Crippen molar-refractivity contribution in [3.8, 4) is 5.88 Å². The zero-order valence-electron chi connectivity index (χ0n) is 16.5. The first kappa shape index (κ1) is 18.5. The van der Waals surface area contributed by atoms with Gasteiger partial charge in [-0.25, -0.2) is 4.98 Å². The largest absolute Gasteiger partial charge is 0.472 e. The van der Waals surface area contributed by atoms with E-state index in [2.05, 4.69) is 43.1 Å². The van der Waals surface area contributed by atoms with Crippen LogP contribution in [0.1, 0.15) is 37.3 Å². The number of amides is 1. The second-order valence-electron chi connectivity index (χ2n) is 7.78. The number of ether oxygens (including phenoxy) is 1. The van der Waals surface area contributed by atoms with Gasteiger partial charge in [0.05, 0.1) is 18.5 Å². The number of hydrogen-bond acceptors (Lipinski definition) is 3. The van der Waals surface area contributed by atoms with E-state index in [9.17, 15) is 4.79 Å². The van der Waals surface area contributed by atoms with Crippen LogP contribution in [0, 0.1) is 0 Å². The number of rotatable bonds is 5. The lowest BCUT2D eigenvalue weighted by Gasteiger charge is -2.17. The molecule has 4 nitrogen and oxygen atoms in total. The lowest BCUT2D eigenvalue weighted by molar-refractivity contribution is -0.129. The second-order valence-corrected chi connectivity index (χ2v) is 7.78. The van der Waals surface area contributed by atoms with Gasteiger partial charge in [0, 0.05) is 24.4 Å². The summed E-state index contributed by atoms with van der Waals surface area (Å²) in [4.78, 5) is 19.1. The maximum absolute atomic E-state index is 12.7. The van der Waals surface area contributed by atoms with Crippen molar-refractivity contribution in [2.45, 2.75) is 38.7 Å². The summed E-state index contributed by atoms with van der Waals surface area (Å²) < 4.78 is 6.05. The van der Waals surface area contributed by atoms with Gasteiger partial charge in [0.2, 0.25) is 11.8 Å². The summed E-state index contributed by atoms with van der Waals surface area (Å²) in [6.45, 7) is 5.71. The molecule has 0 N–H and O–H groups in total. The summed E-state index contributed by atoms with van der Waals surface area (Å²) in [6, 6.07) is 20.3. The Morgan fingerprint density at radius 1 is 1.11 bits per heavy atom. The Morgan fingerprint density at radius 3 is 2.68 bits per heavy atom. The van der Waals surface area contributed by atoms with E-state index in [4.69, 9.17) is 4.74 Å². The first-order chi connectivity index (χ1) is 13.6. The SMILES string of the molecule is CC(C)c1ccc(CC(=O)N2CCC(Oc3ccc4ccccc4n3)C2)cc1. The van der Waals surface area contributed by atoms with E-state index < -0.39 is 0 Å². The van der Waals surface area contributed by atoms with Crippen molar-refractivity contribution < 1.29 is 9.53 Å². The van der Waals surface area contributed by atoms with Gasteiger partial charge in [-0.05, 0) is 29.2 Å². The summed E-state index contributed by atoms with van der Waals surface area (Å²) in [6.07, 6.45) is 1.28. The van der Waals surface area contributed by atoms with E-state index in [1.807, 2.05) is 41.3 Å². The molecule has 1 atom stereocenters. The van der Waals surface area contributed by atoms with Crippen molar-refractivity contribution >= 4 is 16.8 Å². The molecule has 0 aliphatic carbocycles. The van der Waals surface area contributed by atoms with Gasteiger partial charge in [0.15, 0.2) is 0 Å². The number of pyridine rings is 1. The van der Waals surface area contributed by atoms with Gasteiger partial charge in [-0.2, -0.15) is 0 Å². The van der Waals surface area contributed by atoms with Crippen LogP contribution < -0.4 is 4.74 Å². The highest BCUT2D eigenvalue weighted by molar-refractivity contribution is 5.79. The van der Waals surface area contributed by atoms with E-state index in [1.54, 1.807) is 0 Å². The zero-order valence-corrected chi connectivity index (χ0v) is 16.5. The molecule has 0 saturated carbocycles. The molecular formula is C24H26N2O2. The van der Waals surface area contributed by atoms with Gasteiger partial charge in [0.1, 0.15) is 6.10 Å². The molecule has 4 heteroatoms. The van der Waals surface area contributed by atoms with Gasteiger partial charge < -0.3 is 9.64 Å². The molecule has 144 valence electrons. The van der Waals surface area contributed by atoms with Crippen LogP contribution in [0.3, 0.4) is 0 Å². The van der Waals surface area contributed by atoms with E-state index in [-0.39, 0.29) is 12.0 Å². The molecule has 1 aliphatic rings. The fraction of sp³-hybridized carbons (Fsp3) is 0.333. The monoisotopic (exact) mass is 374 g/mol. The minimum Gasteiger partial charge on any atom is -0.472 e. The Hall–Kier alpha value is -2.88. The summed E-state index contributed by atoms with van der Waals surface area (Å²) >= 11 is 0. The van der Waals surface area contributed by atoms with Gasteiger partial charge >= 0.3 is 0 Å². The smallest absolute Gasteiger partial charge is 0.227 e. The van der Waals surface area contributed by atoms with Gasteiger partial charge in [-0.15, -0.1) is 0 Å². The highest BCUT2D eigenvalue weighted by Gasteiger charge is 2.27. The Morgan fingerprint density at radius 2 is 1.89 bits per heavy atom. The second kappa shape index (κ2) is 8.01. The normalized spacial score (nSPS) is 16.7. The Kier molecular flexibility index (Phi) is 5.29. The maximum Gasteiger partial charge on any atom is 0.227 e. The van der Waals surface area contributed by atoms with Crippen LogP contribution in [0.25, 0.3) is 10.9 Å². The van der Waals surface area contributed by atoms with Crippen LogP contribution in [0.4, 0.5) is 0 Å². The molecule has 2 aromatic carbocycles. The lowest BCUT2D eigenvalue weighted by atomic mass is 10.0. The average molecular weight is 374 g/mol. The Balaban J connectivity index is 1.34. The number of carbonyl (C=O) groups is 1. The standard InChI is InChI=1S/C24H26N2O2/c1-17(2)19-9-7-18(8-10-19)15-24(27)26-14-13-21(16-26)28-23-12-11-20-5-3-4-6-22(20)25-23/h3-12,17,21H,13-16H2,1-2H3. The number of fused-ring (bicyclic) bond motifs is 1. The summed E-state index contributed by atoms with van der Waals surface area (Å²) in [7, 11) is 0. The van der Waals surface area contributed by atoms with Crippen LogP contribution in [0.2, 0.25) is 0 Å². The van der Waals surface area contributed by atoms with Crippen molar-refractivity contribution in [1.82, 2.24) is 9.88 Å². The zero-order chi connectivity index (χ0) is 19.5. The van der Waals surface area contributed by atoms with Crippen LogP contribution in [-0.4, -0.2) is 35.0 Å². The quantitative estimate of drug-likeness (QED) is 0.656. The molecule has 28 heavy (non-hydrogen) atoms. The molecule has 0 radical (unpaired) electrons. The van der Waals surface area contributed by atoms with Crippen LogP contribution in [0.15, 0.2) is 60.7 Å². The molecule has 1 amide bonds. The Labute approximate surface area is 166 Å². The number of para-hydroxylation sites is 1. The number of likely N-dealkylation sites (tertiary alicyclic amines) is 1. The van der Waals surface area contributed by atoms with Crippen molar-refractivity contribution in [1.29, 1.82) is 0 Å². The molecule has 1 saturated heterocycles. The molecule has 0 spiro atoms. The fourth-order valence-corrected chi connectivity index (χ4v) is 3.64. The number of hydrogen-bond donors (Lipinski definition) is 0. The predicted octanol–water partition coefficient (Wildman–Crippen LogP) is 4.58. The number of nitrogens with zero attached hydrogens (tertiary/aromatic N) is 2. The number of benzene rings is 2. The van der Waals surface area contributed by atoms with E-state index >= 15 is 0 Å². The third-order valence-corrected chi connectivity index (χ3v) is 5.36. The first-order valence-corrected chi connectivity index (χ1v) is 9.97. The molecule has 1 unspecified atom stereocenters. The van der Waals surface area contributed by atoms with Crippen molar-refractivity contribution in [3.05, 3.63) is 71.8 Å². The molecule has 1 fully saturated rings. The van der Waals surface area contributed by atoms with Crippen LogP contribution in [-0.2, 0) is 11.2 Å². The minimum atomic E-state index is 0.000860. The highest BCUT2D eigenvalue weighted by Crippen LogP contribution is 2.21. The van der Waals surface area contributed by atoms with E-state index in [1.165, 1.54) is 5.56 Å². The summed E-state index contributed by atoms with van der Waals surface area (Å²) in [5.41, 5.74) is 3.29. The first-order valence-electron chi connectivity index (χ1n) is 9.97. The lowest BCUT2D eigenvalue weighted by Crippen LogP contribution is -2.32. The van der Waals surface area contributed by atoms with Gasteiger partial charge in [0.25, 0.3) is 0 Å². The predicted molar refractivity (Wildman–Crippen MR) is 112 cm³/mol. The molecular weight excluding hydrogens is 348 g/mol. The van der Waals surface area contributed by atoms with Crippen LogP contribution in [0.5, 0.6) is 5.88 Å². The van der Waals surface area contributed by atoms with E-state index in [0.717, 1.165) is 29.4 Å². The Bertz CT molecular complexity index is 966. The fourth-order valence-electron chi connectivity index (χ4n) is 3.64. The van der Waals surface area contributed by atoms with E-state index in [0.29, 0.717) is 24.8 Å². The van der Waals surface area contributed by atoms with Crippen LogP contribution >= 0.6 is 0 Å². The highest BCUT2D eigenvalue weighted by atomic mass is 16.5. The minimum absolute atomic E-state index is 0.000860. The van der Waals surface area contributed by atoms with Crippen molar-refractivity contribution in [2.24, 2.45) is 0 Å². The van der Waals surface area contributed by atoms with Crippen molar-refractivity contribution in [3.63, 3.8) is 0 Å². The van der Waals surface area contributed by atoms with Gasteiger partial charge in [-0.3, -0.25) is 4.79 Å². The molecule has 1 aromatic heterocycles. The summed E-state index contributed by atoms with van der Waals surface area (Å²) in [5, 5.41) is 1.10. The number of carbonyl (C=O) groups excluding carboxylic acids is 1. The van der Waals surface area contributed by atoms with Gasteiger partial charge in [-0.1, -0.05) is 56.3 Å².